The minimum atomic E-state index is -1.05. The Bertz CT molecular complexity index is 1110. The normalized spacial score (nSPS) is 13.0. The maximum Gasteiger partial charge on any atom is 0.337 e. The molecular formula is C24H22N2O4. The Balaban J connectivity index is 1.62. The molecule has 0 aliphatic carbocycles. The topological polar surface area (TPSA) is 78.9 Å². The van der Waals surface area contributed by atoms with Gasteiger partial charge in [-0.3, -0.25) is 4.79 Å². The molecule has 0 atom stereocenters. The Morgan fingerprint density at radius 2 is 1.77 bits per heavy atom. The molecule has 0 aromatic heterocycles. The molecule has 3 aromatic carbocycles. The third kappa shape index (κ3) is 3.98. The summed E-state index contributed by atoms with van der Waals surface area (Å²) in [5.74, 6) is -0.497. The van der Waals surface area contributed by atoms with Crippen LogP contribution in [0, 0.1) is 6.92 Å². The van der Waals surface area contributed by atoms with E-state index in [1.54, 1.807) is 24.3 Å². The number of rotatable bonds is 4. The van der Waals surface area contributed by atoms with Gasteiger partial charge >= 0.3 is 5.97 Å². The molecule has 3 aromatic rings. The Kier molecular flexibility index (Phi) is 5.39. The number of carboxylic acid groups (broad SMARTS) is 1. The zero-order valence-electron chi connectivity index (χ0n) is 16.6. The number of anilines is 2. The summed E-state index contributed by atoms with van der Waals surface area (Å²) in [6.07, 6.45) is 0. The Labute approximate surface area is 174 Å². The van der Waals surface area contributed by atoms with Gasteiger partial charge in [-0.2, -0.15) is 0 Å². The second kappa shape index (κ2) is 8.29. The van der Waals surface area contributed by atoms with E-state index < -0.39 is 5.97 Å². The summed E-state index contributed by atoms with van der Waals surface area (Å²) in [5.41, 5.74) is 3.58. The molecule has 0 saturated carbocycles. The average molecular weight is 402 g/mol. The van der Waals surface area contributed by atoms with Crippen LogP contribution >= 0.6 is 0 Å². The van der Waals surface area contributed by atoms with E-state index in [9.17, 15) is 14.7 Å². The summed E-state index contributed by atoms with van der Waals surface area (Å²) in [6, 6.07) is 20.0. The molecular weight excluding hydrogens is 380 g/mol. The van der Waals surface area contributed by atoms with Gasteiger partial charge in [-0.15, -0.1) is 0 Å². The highest BCUT2D eigenvalue weighted by Crippen LogP contribution is 2.30. The molecule has 1 heterocycles. The van der Waals surface area contributed by atoms with Gasteiger partial charge in [-0.05, 0) is 42.8 Å². The van der Waals surface area contributed by atoms with Gasteiger partial charge in [0.15, 0.2) is 0 Å². The van der Waals surface area contributed by atoms with Gasteiger partial charge in [0.2, 0.25) is 0 Å². The Morgan fingerprint density at radius 3 is 2.57 bits per heavy atom. The molecule has 1 amide bonds. The molecule has 0 spiro atoms. The summed E-state index contributed by atoms with van der Waals surface area (Å²) < 4.78 is 5.79. The van der Waals surface area contributed by atoms with Crippen LogP contribution in [0.15, 0.2) is 66.7 Å². The minimum absolute atomic E-state index is 0.136. The van der Waals surface area contributed by atoms with E-state index >= 15 is 0 Å². The van der Waals surface area contributed by atoms with Gasteiger partial charge in [0.05, 0.1) is 17.8 Å². The molecule has 0 fully saturated rings. The molecule has 1 aliphatic rings. The van der Waals surface area contributed by atoms with E-state index in [4.69, 9.17) is 4.74 Å². The fourth-order valence-electron chi connectivity index (χ4n) is 3.62. The third-order valence-corrected chi connectivity index (χ3v) is 5.17. The number of fused-ring (bicyclic) bond motifs is 1. The summed E-state index contributed by atoms with van der Waals surface area (Å²) in [7, 11) is 0. The monoisotopic (exact) mass is 402 g/mol. The van der Waals surface area contributed by atoms with Crippen molar-refractivity contribution in [2.24, 2.45) is 0 Å². The van der Waals surface area contributed by atoms with E-state index in [1.807, 2.05) is 48.2 Å². The quantitative estimate of drug-likeness (QED) is 0.679. The summed E-state index contributed by atoms with van der Waals surface area (Å²) in [4.78, 5) is 26.6. The number of benzene rings is 3. The van der Waals surface area contributed by atoms with Crippen LogP contribution in [0.4, 0.5) is 11.4 Å². The second-order valence-corrected chi connectivity index (χ2v) is 7.18. The van der Waals surface area contributed by atoms with Crippen LogP contribution in [-0.4, -0.2) is 30.1 Å². The highest BCUT2D eigenvalue weighted by Gasteiger charge is 2.21. The summed E-state index contributed by atoms with van der Waals surface area (Å²) in [6.45, 7) is 3.43. The van der Waals surface area contributed by atoms with E-state index in [0.717, 1.165) is 16.9 Å². The zero-order valence-corrected chi connectivity index (χ0v) is 16.6. The maximum atomic E-state index is 12.6. The third-order valence-electron chi connectivity index (χ3n) is 5.17. The molecule has 0 unspecified atom stereocenters. The predicted octanol–water partition coefficient (Wildman–Crippen LogP) is 4.34. The number of hydrogen-bond acceptors (Lipinski definition) is 4. The number of ether oxygens (including phenoxy) is 1. The number of nitrogens with one attached hydrogen (secondary N) is 1. The molecule has 0 radical (unpaired) electrons. The van der Waals surface area contributed by atoms with Crippen LogP contribution in [0.25, 0.3) is 0 Å². The first kappa shape index (κ1) is 19.5. The number of carbonyl (C=O) groups excluding carboxylic acids is 1. The molecule has 6 heteroatoms. The highest BCUT2D eigenvalue weighted by molar-refractivity contribution is 6.06. The standard InChI is InChI=1S/C24H22N2O4/c1-16-6-2-4-8-19(16)23(27)25-18-10-11-21(20(14-18)24(28)29)26-12-13-30-22-9-5-3-7-17(22)15-26/h2-11,14H,12-13,15H2,1H3,(H,25,27)(H,28,29). The number of carboxylic acids is 1. The van der Waals surface area contributed by atoms with Crippen molar-refractivity contribution in [3.63, 3.8) is 0 Å². The highest BCUT2D eigenvalue weighted by atomic mass is 16.5. The number of hydrogen-bond donors (Lipinski definition) is 2. The van der Waals surface area contributed by atoms with E-state index in [2.05, 4.69) is 5.32 Å². The molecule has 1 aliphatic heterocycles. The largest absolute Gasteiger partial charge is 0.491 e. The second-order valence-electron chi connectivity index (χ2n) is 7.18. The van der Waals surface area contributed by atoms with Crippen LogP contribution in [0.3, 0.4) is 0 Å². The van der Waals surface area contributed by atoms with Gasteiger partial charge in [0, 0.05) is 23.4 Å². The summed E-state index contributed by atoms with van der Waals surface area (Å²) in [5, 5.41) is 12.6. The van der Waals surface area contributed by atoms with Gasteiger partial charge in [0.25, 0.3) is 5.91 Å². The van der Waals surface area contributed by atoms with Crippen molar-refractivity contribution in [2.75, 3.05) is 23.4 Å². The molecule has 0 saturated heterocycles. The lowest BCUT2D eigenvalue weighted by Gasteiger charge is -2.24. The number of carbonyl (C=O) groups is 2. The van der Waals surface area contributed by atoms with Crippen LogP contribution in [-0.2, 0) is 6.54 Å². The van der Waals surface area contributed by atoms with Crippen molar-refractivity contribution >= 4 is 23.3 Å². The van der Waals surface area contributed by atoms with Gasteiger partial charge in [0.1, 0.15) is 12.4 Å². The molecule has 4 rings (SSSR count). The minimum Gasteiger partial charge on any atom is -0.491 e. The van der Waals surface area contributed by atoms with Crippen molar-refractivity contribution in [1.82, 2.24) is 0 Å². The lowest BCUT2D eigenvalue weighted by molar-refractivity contribution is 0.0697. The number of para-hydroxylation sites is 1. The first-order valence-corrected chi connectivity index (χ1v) is 9.73. The molecule has 6 nitrogen and oxygen atoms in total. The van der Waals surface area contributed by atoms with Gasteiger partial charge in [-0.25, -0.2) is 4.79 Å². The van der Waals surface area contributed by atoms with Crippen molar-refractivity contribution in [3.05, 3.63) is 89.0 Å². The van der Waals surface area contributed by atoms with Crippen molar-refractivity contribution < 1.29 is 19.4 Å². The number of aryl methyl sites for hydroxylation is 1. The van der Waals surface area contributed by atoms with Crippen LogP contribution < -0.4 is 15.0 Å². The predicted molar refractivity (Wildman–Crippen MR) is 116 cm³/mol. The van der Waals surface area contributed by atoms with Gasteiger partial charge in [-0.1, -0.05) is 36.4 Å². The van der Waals surface area contributed by atoms with Gasteiger partial charge < -0.3 is 20.1 Å². The zero-order chi connectivity index (χ0) is 21.1. The average Bonchev–Trinajstić information content (AvgIpc) is 2.96. The van der Waals surface area contributed by atoms with Crippen molar-refractivity contribution in [2.45, 2.75) is 13.5 Å². The number of nitrogens with zero attached hydrogens (tertiary/aromatic N) is 1. The Hall–Kier alpha value is -3.80. The maximum absolute atomic E-state index is 12.6. The SMILES string of the molecule is Cc1ccccc1C(=O)Nc1ccc(N2CCOc3ccccc3C2)c(C(=O)O)c1. The number of aromatic carboxylic acids is 1. The first-order chi connectivity index (χ1) is 14.5. The summed E-state index contributed by atoms with van der Waals surface area (Å²) >= 11 is 0. The smallest absolute Gasteiger partial charge is 0.337 e. The van der Waals surface area contributed by atoms with Crippen LogP contribution in [0.5, 0.6) is 5.75 Å². The molecule has 30 heavy (non-hydrogen) atoms. The molecule has 152 valence electrons. The van der Waals surface area contributed by atoms with E-state index in [1.165, 1.54) is 6.07 Å². The first-order valence-electron chi connectivity index (χ1n) is 9.73. The van der Waals surface area contributed by atoms with Crippen LogP contribution in [0.2, 0.25) is 0 Å². The van der Waals surface area contributed by atoms with E-state index in [0.29, 0.717) is 36.6 Å². The van der Waals surface area contributed by atoms with Crippen molar-refractivity contribution in [3.8, 4) is 5.75 Å². The van der Waals surface area contributed by atoms with Crippen molar-refractivity contribution in [1.29, 1.82) is 0 Å². The molecule has 2 N–H and O–H groups in total. The molecule has 0 bridgehead atoms. The van der Waals surface area contributed by atoms with E-state index in [-0.39, 0.29) is 11.5 Å². The Morgan fingerprint density at radius 1 is 1.00 bits per heavy atom. The van der Waals surface area contributed by atoms with Crippen LogP contribution in [0.1, 0.15) is 31.8 Å². The lowest BCUT2D eigenvalue weighted by Crippen LogP contribution is -2.27. The number of amides is 1. The fourth-order valence-corrected chi connectivity index (χ4v) is 3.62. The lowest BCUT2D eigenvalue weighted by atomic mass is 10.1. The fraction of sp³-hybridized carbons (Fsp3) is 0.167.